The van der Waals surface area contributed by atoms with E-state index >= 15 is 0 Å². The molecule has 2 atom stereocenters. The average Bonchev–Trinajstić information content (AvgIpc) is 3.02. The fourth-order valence-corrected chi connectivity index (χ4v) is 3.81. The van der Waals surface area contributed by atoms with Crippen LogP contribution in [-0.2, 0) is 18.3 Å². The van der Waals surface area contributed by atoms with Crippen LogP contribution in [0.2, 0.25) is 12.1 Å². The van der Waals surface area contributed by atoms with Crippen LogP contribution < -0.4 is 0 Å². The van der Waals surface area contributed by atoms with E-state index in [-0.39, 0.29) is 0 Å². The summed E-state index contributed by atoms with van der Waals surface area (Å²) in [5, 5.41) is 0. The molecule has 0 radical (unpaired) electrons. The molecular weight excluding hydrogens is 224 g/mol. The van der Waals surface area contributed by atoms with Crippen molar-refractivity contribution in [2.24, 2.45) is 0 Å². The van der Waals surface area contributed by atoms with E-state index in [0.29, 0.717) is 38.1 Å². The zero-order valence-corrected chi connectivity index (χ0v) is 11.8. The molecule has 0 amide bonds. The molecule has 4 nitrogen and oxygen atoms in total. The zero-order chi connectivity index (χ0) is 12.0. The first-order valence-corrected chi connectivity index (χ1v) is 8.49. The second-order valence-electron chi connectivity index (χ2n) is 4.28. The molecule has 5 heteroatoms. The van der Waals surface area contributed by atoms with Gasteiger partial charge in [-0.2, -0.15) is 0 Å². The van der Waals surface area contributed by atoms with Crippen LogP contribution in [-0.4, -0.2) is 47.7 Å². The van der Waals surface area contributed by atoms with Crippen LogP contribution in [0.3, 0.4) is 0 Å². The third-order valence-corrected chi connectivity index (χ3v) is 6.51. The van der Waals surface area contributed by atoms with Gasteiger partial charge in [0.2, 0.25) is 0 Å². The van der Waals surface area contributed by atoms with Gasteiger partial charge in [0.05, 0.1) is 19.8 Å². The summed E-state index contributed by atoms with van der Waals surface area (Å²) in [5.74, 6) is 0. The van der Waals surface area contributed by atoms with E-state index in [1.54, 1.807) is 0 Å². The Kier molecular flexibility index (Phi) is 5.92. The first-order valence-electron chi connectivity index (χ1n) is 6.09. The predicted molar refractivity (Wildman–Crippen MR) is 64.9 cm³/mol. The Morgan fingerprint density at radius 3 is 2.31 bits per heavy atom. The van der Waals surface area contributed by atoms with Gasteiger partial charge >= 0.3 is 8.56 Å². The monoisotopic (exact) mass is 248 g/mol. The molecule has 1 aliphatic heterocycles. The summed E-state index contributed by atoms with van der Waals surface area (Å²) in [6.45, 7) is 11.9. The maximum Gasteiger partial charge on any atom is 0.340 e. The first-order chi connectivity index (χ1) is 7.62. The Morgan fingerprint density at radius 2 is 1.88 bits per heavy atom. The summed E-state index contributed by atoms with van der Waals surface area (Å²) < 4.78 is 22.3. The maximum absolute atomic E-state index is 5.81. The minimum atomic E-state index is -2.07. The van der Waals surface area contributed by atoms with Crippen LogP contribution in [0.1, 0.15) is 20.8 Å². The van der Waals surface area contributed by atoms with E-state index < -0.39 is 8.56 Å². The van der Waals surface area contributed by atoms with Crippen molar-refractivity contribution in [3.05, 3.63) is 0 Å². The fourth-order valence-electron chi connectivity index (χ4n) is 1.59. The molecule has 96 valence electrons. The lowest BCUT2D eigenvalue weighted by atomic mass is 10.5. The Balaban J connectivity index is 2.29. The van der Waals surface area contributed by atoms with E-state index in [0.717, 1.165) is 6.61 Å². The van der Waals surface area contributed by atoms with Crippen molar-refractivity contribution in [2.45, 2.75) is 39.0 Å². The van der Waals surface area contributed by atoms with E-state index in [4.69, 9.17) is 18.3 Å². The molecule has 0 bridgehead atoms. The van der Waals surface area contributed by atoms with Crippen molar-refractivity contribution in [3.8, 4) is 0 Å². The smallest absolute Gasteiger partial charge is 0.340 e. The Hall–Kier alpha value is 0.0569. The Morgan fingerprint density at radius 1 is 1.31 bits per heavy atom. The summed E-state index contributed by atoms with van der Waals surface area (Å²) in [6.07, 6.45) is 0.333. The van der Waals surface area contributed by atoms with Crippen molar-refractivity contribution >= 4 is 8.56 Å². The molecule has 0 N–H and O–H groups in total. The van der Waals surface area contributed by atoms with Gasteiger partial charge < -0.3 is 18.3 Å². The topological polar surface area (TPSA) is 40.2 Å². The van der Waals surface area contributed by atoms with Crippen molar-refractivity contribution in [3.63, 3.8) is 0 Å². The number of epoxide rings is 1. The number of rotatable bonds is 9. The van der Waals surface area contributed by atoms with Gasteiger partial charge in [-0.15, -0.1) is 0 Å². The molecule has 0 saturated carbocycles. The second kappa shape index (κ2) is 6.71. The van der Waals surface area contributed by atoms with Crippen LogP contribution in [0.25, 0.3) is 0 Å². The lowest BCUT2D eigenvalue weighted by Crippen LogP contribution is -2.44. The van der Waals surface area contributed by atoms with Gasteiger partial charge in [-0.1, -0.05) is 6.92 Å². The third kappa shape index (κ3) is 4.51. The minimum Gasteiger partial charge on any atom is -0.394 e. The number of hydrogen-bond acceptors (Lipinski definition) is 4. The molecular formula is C11H24O4Si. The van der Waals surface area contributed by atoms with Crippen LogP contribution in [0.15, 0.2) is 0 Å². The van der Waals surface area contributed by atoms with Crippen molar-refractivity contribution in [1.29, 1.82) is 0 Å². The molecule has 0 spiro atoms. The van der Waals surface area contributed by atoms with Crippen molar-refractivity contribution in [2.75, 3.05) is 33.0 Å². The highest BCUT2D eigenvalue weighted by Gasteiger charge is 2.38. The van der Waals surface area contributed by atoms with Crippen molar-refractivity contribution < 1.29 is 18.3 Å². The summed E-state index contributed by atoms with van der Waals surface area (Å²) in [7, 11) is -2.07. The highest BCUT2D eigenvalue weighted by atomic mass is 28.4. The highest BCUT2D eigenvalue weighted by molar-refractivity contribution is 6.67. The van der Waals surface area contributed by atoms with E-state index in [1.807, 2.05) is 13.8 Å². The molecule has 1 aliphatic rings. The quantitative estimate of drug-likeness (QED) is 0.462. The van der Waals surface area contributed by atoms with Crippen LogP contribution >= 0.6 is 0 Å². The summed E-state index contributed by atoms with van der Waals surface area (Å²) in [6, 6.07) is 0. The summed E-state index contributed by atoms with van der Waals surface area (Å²) in [4.78, 5) is 0. The first kappa shape index (κ1) is 14.1. The van der Waals surface area contributed by atoms with E-state index in [1.165, 1.54) is 0 Å². The fraction of sp³-hybridized carbons (Fsp3) is 1.00. The second-order valence-corrected chi connectivity index (χ2v) is 7.87. The van der Waals surface area contributed by atoms with E-state index in [2.05, 4.69) is 13.5 Å². The molecule has 0 aromatic rings. The van der Waals surface area contributed by atoms with E-state index in [9.17, 15) is 0 Å². The van der Waals surface area contributed by atoms with Crippen LogP contribution in [0, 0.1) is 0 Å². The Bertz CT molecular complexity index is 190. The lowest BCUT2D eigenvalue weighted by molar-refractivity contribution is 0.0979. The minimum absolute atomic E-state index is 0.333. The molecule has 1 fully saturated rings. The summed E-state index contributed by atoms with van der Waals surface area (Å²) in [5.41, 5.74) is 0.339. The van der Waals surface area contributed by atoms with Crippen LogP contribution in [0.4, 0.5) is 0 Å². The largest absolute Gasteiger partial charge is 0.394 e. The Labute approximate surface area is 99.5 Å². The van der Waals surface area contributed by atoms with Gasteiger partial charge in [-0.3, -0.25) is 0 Å². The summed E-state index contributed by atoms with van der Waals surface area (Å²) >= 11 is 0. The van der Waals surface area contributed by atoms with Gasteiger partial charge in [0.1, 0.15) is 6.10 Å². The molecule has 0 aliphatic carbocycles. The molecule has 2 unspecified atom stereocenters. The van der Waals surface area contributed by atoms with Gasteiger partial charge in [-0.05, 0) is 20.4 Å². The number of hydrogen-bond donors (Lipinski definition) is 0. The third-order valence-electron chi connectivity index (χ3n) is 2.83. The average molecular weight is 248 g/mol. The SMILES string of the molecule is CCO[Si](C)(OCC)C(C)COCC1CO1. The number of ether oxygens (including phenoxy) is 2. The molecule has 1 heterocycles. The van der Waals surface area contributed by atoms with Gasteiger partial charge in [0.15, 0.2) is 0 Å². The van der Waals surface area contributed by atoms with Gasteiger partial charge in [0.25, 0.3) is 0 Å². The predicted octanol–water partition coefficient (Wildman–Crippen LogP) is 1.94. The molecule has 0 aromatic carbocycles. The van der Waals surface area contributed by atoms with Crippen LogP contribution in [0.5, 0.6) is 0 Å². The zero-order valence-electron chi connectivity index (χ0n) is 10.8. The maximum atomic E-state index is 5.81. The highest BCUT2D eigenvalue weighted by Crippen LogP contribution is 2.24. The van der Waals surface area contributed by atoms with Gasteiger partial charge in [-0.25, -0.2) is 0 Å². The normalized spacial score (nSPS) is 22.1. The lowest BCUT2D eigenvalue weighted by Gasteiger charge is -2.31. The standard InChI is InChI=1S/C11H24O4Si/c1-5-14-16(4,15-6-2)10(3)7-12-8-11-9-13-11/h10-11H,5-9H2,1-4H3. The van der Waals surface area contributed by atoms with Crippen molar-refractivity contribution in [1.82, 2.24) is 0 Å². The molecule has 1 saturated heterocycles. The van der Waals surface area contributed by atoms with Gasteiger partial charge in [0, 0.05) is 18.8 Å². The molecule has 1 rings (SSSR count). The molecule has 0 aromatic heterocycles. The molecule has 16 heavy (non-hydrogen) atoms.